The van der Waals surface area contributed by atoms with Crippen LogP contribution in [0.4, 0.5) is 14.9 Å². The smallest absolute Gasteiger partial charge is 0.322 e. The van der Waals surface area contributed by atoms with E-state index in [0.29, 0.717) is 30.8 Å². The first-order valence-corrected chi connectivity index (χ1v) is 10.2. The Balaban J connectivity index is 1.47. The molecule has 0 aromatic heterocycles. The first kappa shape index (κ1) is 20.6. The second kappa shape index (κ2) is 9.43. The number of urea groups is 1. The average molecular weight is 417 g/mol. The Morgan fingerprint density at radius 2 is 1.87 bits per heavy atom. The van der Waals surface area contributed by atoms with E-state index in [-0.39, 0.29) is 18.0 Å². The van der Waals surface area contributed by atoms with E-state index in [0.717, 1.165) is 16.8 Å². The molecular formula is C25H24FN3O2. The number of carbonyl (C=O) groups is 1. The highest BCUT2D eigenvalue weighted by atomic mass is 19.1. The zero-order valence-electron chi connectivity index (χ0n) is 17.3. The maximum Gasteiger partial charge on any atom is 0.322 e. The van der Waals surface area contributed by atoms with Gasteiger partial charge in [0, 0.05) is 24.2 Å². The van der Waals surface area contributed by atoms with Crippen LogP contribution in [0.1, 0.15) is 23.1 Å². The van der Waals surface area contributed by atoms with Gasteiger partial charge in [-0.15, -0.1) is 0 Å². The number of nitrogens with zero attached hydrogens (tertiary/aromatic N) is 2. The van der Waals surface area contributed by atoms with Crippen LogP contribution in [-0.4, -0.2) is 29.3 Å². The molecule has 1 atom stereocenters. The summed E-state index contributed by atoms with van der Waals surface area (Å²) < 4.78 is 14.1. The van der Waals surface area contributed by atoms with Crippen molar-refractivity contribution in [1.82, 2.24) is 4.90 Å². The number of anilines is 1. The number of benzene rings is 3. The molecule has 2 amide bonds. The van der Waals surface area contributed by atoms with Gasteiger partial charge in [0.2, 0.25) is 0 Å². The van der Waals surface area contributed by atoms with Crippen molar-refractivity contribution in [2.45, 2.75) is 26.0 Å². The summed E-state index contributed by atoms with van der Waals surface area (Å²) in [6.07, 6.45) is 0.0887. The van der Waals surface area contributed by atoms with Crippen LogP contribution in [0.3, 0.4) is 0 Å². The van der Waals surface area contributed by atoms with Gasteiger partial charge in [-0.2, -0.15) is 0 Å². The van der Waals surface area contributed by atoms with Crippen molar-refractivity contribution in [3.63, 3.8) is 0 Å². The van der Waals surface area contributed by atoms with Gasteiger partial charge in [-0.3, -0.25) is 0 Å². The molecule has 5 nitrogen and oxygen atoms in total. The molecule has 1 N–H and O–H groups in total. The molecule has 4 rings (SSSR count). The monoisotopic (exact) mass is 417 g/mol. The van der Waals surface area contributed by atoms with E-state index in [4.69, 9.17) is 4.84 Å². The quantitative estimate of drug-likeness (QED) is 0.587. The molecule has 0 aliphatic carbocycles. The molecule has 0 saturated heterocycles. The number of hydrogen-bond acceptors (Lipinski definition) is 3. The number of hydrogen-bond donors (Lipinski definition) is 1. The summed E-state index contributed by atoms with van der Waals surface area (Å²) in [6.45, 7) is 2.73. The second-order valence-corrected chi connectivity index (χ2v) is 7.62. The van der Waals surface area contributed by atoms with E-state index in [2.05, 4.69) is 10.5 Å². The predicted molar refractivity (Wildman–Crippen MR) is 119 cm³/mol. The molecule has 3 aromatic rings. The van der Waals surface area contributed by atoms with Gasteiger partial charge in [0.25, 0.3) is 0 Å². The van der Waals surface area contributed by atoms with Gasteiger partial charge in [0.15, 0.2) is 6.10 Å². The molecule has 0 saturated carbocycles. The van der Waals surface area contributed by atoms with Crippen molar-refractivity contribution in [2.24, 2.45) is 5.16 Å². The lowest BCUT2D eigenvalue weighted by Gasteiger charge is -2.25. The largest absolute Gasteiger partial charge is 0.390 e. The molecule has 0 radical (unpaired) electrons. The number of halogens is 1. The maximum absolute atomic E-state index is 14.1. The highest BCUT2D eigenvalue weighted by Gasteiger charge is 2.28. The molecular weight excluding hydrogens is 393 g/mol. The van der Waals surface area contributed by atoms with Crippen molar-refractivity contribution in [1.29, 1.82) is 0 Å². The van der Waals surface area contributed by atoms with E-state index >= 15 is 0 Å². The molecule has 1 aliphatic heterocycles. The van der Waals surface area contributed by atoms with E-state index in [1.807, 2.05) is 61.5 Å². The Kier molecular flexibility index (Phi) is 6.26. The first-order valence-electron chi connectivity index (χ1n) is 10.2. The first-order chi connectivity index (χ1) is 15.1. The number of oxime groups is 1. The van der Waals surface area contributed by atoms with E-state index in [1.165, 1.54) is 6.07 Å². The summed E-state index contributed by atoms with van der Waals surface area (Å²) in [7, 11) is 0. The SMILES string of the molecule is Cc1cccc(NC(=O)N(Cc2ccccc2)CC2CC(c3ccccc3F)=NO2)c1. The van der Waals surface area contributed by atoms with Crippen LogP contribution in [0, 0.1) is 12.7 Å². The molecule has 3 aromatic carbocycles. The number of rotatable bonds is 6. The minimum atomic E-state index is -0.346. The Morgan fingerprint density at radius 1 is 1.10 bits per heavy atom. The zero-order valence-corrected chi connectivity index (χ0v) is 17.3. The van der Waals surface area contributed by atoms with Gasteiger partial charge in [-0.25, -0.2) is 9.18 Å². The Bertz CT molecular complexity index is 1080. The molecule has 31 heavy (non-hydrogen) atoms. The fraction of sp³-hybridized carbons (Fsp3) is 0.200. The lowest BCUT2D eigenvalue weighted by molar-refractivity contribution is 0.0608. The Labute approximate surface area is 181 Å². The third kappa shape index (κ3) is 5.28. The number of aryl methyl sites for hydroxylation is 1. The minimum absolute atomic E-state index is 0.225. The fourth-order valence-corrected chi connectivity index (χ4v) is 3.57. The third-order valence-electron chi connectivity index (χ3n) is 5.11. The molecule has 158 valence electrons. The van der Waals surface area contributed by atoms with Gasteiger partial charge >= 0.3 is 6.03 Å². The van der Waals surface area contributed by atoms with E-state index < -0.39 is 0 Å². The normalized spacial score (nSPS) is 15.2. The topological polar surface area (TPSA) is 53.9 Å². The highest BCUT2D eigenvalue weighted by Crippen LogP contribution is 2.21. The van der Waals surface area contributed by atoms with Gasteiger partial charge < -0.3 is 15.1 Å². The van der Waals surface area contributed by atoms with Gasteiger partial charge in [0.05, 0.1) is 12.3 Å². The van der Waals surface area contributed by atoms with Crippen LogP contribution in [0.2, 0.25) is 0 Å². The Morgan fingerprint density at radius 3 is 2.65 bits per heavy atom. The summed E-state index contributed by atoms with van der Waals surface area (Å²) in [6, 6.07) is 23.7. The third-order valence-corrected chi connectivity index (χ3v) is 5.11. The lowest BCUT2D eigenvalue weighted by atomic mass is 10.0. The summed E-state index contributed by atoms with van der Waals surface area (Å²) in [5.74, 6) is -0.330. The number of nitrogens with one attached hydrogen (secondary N) is 1. The predicted octanol–water partition coefficient (Wildman–Crippen LogP) is 5.36. The summed E-state index contributed by atoms with van der Waals surface area (Å²) >= 11 is 0. The van der Waals surface area contributed by atoms with Crippen LogP contribution in [0.15, 0.2) is 84.0 Å². The van der Waals surface area contributed by atoms with Crippen molar-refractivity contribution < 1.29 is 14.0 Å². The molecule has 0 bridgehead atoms. The molecule has 1 unspecified atom stereocenters. The van der Waals surface area contributed by atoms with Gasteiger partial charge in [0.1, 0.15) is 5.82 Å². The van der Waals surface area contributed by atoms with Crippen LogP contribution < -0.4 is 5.32 Å². The maximum atomic E-state index is 14.1. The van der Waals surface area contributed by atoms with Crippen LogP contribution in [0.25, 0.3) is 0 Å². The lowest BCUT2D eigenvalue weighted by Crippen LogP contribution is -2.40. The summed E-state index contributed by atoms with van der Waals surface area (Å²) in [4.78, 5) is 20.3. The average Bonchev–Trinajstić information content (AvgIpc) is 3.23. The van der Waals surface area contributed by atoms with Crippen molar-refractivity contribution in [3.8, 4) is 0 Å². The second-order valence-electron chi connectivity index (χ2n) is 7.62. The van der Waals surface area contributed by atoms with Crippen LogP contribution in [-0.2, 0) is 11.4 Å². The molecule has 1 heterocycles. The van der Waals surface area contributed by atoms with E-state index in [1.54, 1.807) is 23.1 Å². The highest BCUT2D eigenvalue weighted by molar-refractivity contribution is 6.01. The van der Waals surface area contributed by atoms with Crippen molar-refractivity contribution >= 4 is 17.4 Å². The minimum Gasteiger partial charge on any atom is -0.390 e. The van der Waals surface area contributed by atoms with Crippen molar-refractivity contribution in [3.05, 3.63) is 101 Å². The fourth-order valence-electron chi connectivity index (χ4n) is 3.57. The van der Waals surface area contributed by atoms with Gasteiger partial charge in [-0.1, -0.05) is 65.8 Å². The number of amides is 2. The standard InChI is InChI=1S/C25H24FN3O2/c1-18-8-7-11-20(14-18)27-25(30)29(16-19-9-3-2-4-10-19)17-21-15-24(28-31-21)22-12-5-6-13-23(22)26/h2-14,21H,15-17H2,1H3,(H,27,30). The van der Waals surface area contributed by atoms with Gasteiger partial charge in [-0.05, 0) is 36.2 Å². The molecule has 1 aliphatic rings. The summed E-state index contributed by atoms with van der Waals surface area (Å²) in [5.41, 5.74) is 3.80. The number of carbonyl (C=O) groups excluding carboxylic acids is 1. The zero-order chi connectivity index (χ0) is 21.6. The molecule has 0 fully saturated rings. The van der Waals surface area contributed by atoms with E-state index in [9.17, 15) is 9.18 Å². The van der Waals surface area contributed by atoms with Crippen LogP contribution in [0.5, 0.6) is 0 Å². The van der Waals surface area contributed by atoms with Crippen LogP contribution >= 0.6 is 0 Å². The van der Waals surface area contributed by atoms with Crippen molar-refractivity contribution in [2.75, 3.05) is 11.9 Å². The summed E-state index contributed by atoms with van der Waals surface area (Å²) in [5, 5.41) is 7.04. The Hall–Kier alpha value is -3.67. The molecule has 6 heteroatoms. The molecule has 0 spiro atoms.